The molecule has 19 heavy (non-hydrogen) atoms. The Balaban J connectivity index is 2.35. The third-order valence-corrected chi connectivity index (χ3v) is 3.53. The summed E-state index contributed by atoms with van der Waals surface area (Å²) in [5.41, 5.74) is 0. The summed E-state index contributed by atoms with van der Waals surface area (Å²) in [5.74, 6) is -1.07. The highest BCUT2D eigenvalue weighted by molar-refractivity contribution is 8.00. The Morgan fingerprint density at radius 1 is 1.32 bits per heavy atom. The molecule has 1 atom stereocenters. The lowest BCUT2D eigenvalue weighted by Gasteiger charge is -2.13. The molecule has 0 radical (unpaired) electrons. The molecule has 1 unspecified atom stereocenters. The van der Waals surface area contributed by atoms with Crippen molar-refractivity contribution in [2.45, 2.75) is 25.0 Å². The van der Waals surface area contributed by atoms with Crippen LogP contribution >= 0.6 is 11.8 Å². The van der Waals surface area contributed by atoms with Gasteiger partial charge in [0, 0.05) is 26.4 Å². The molecular weight excluding hydrogens is 270 g/mol. The fourth-order valence-corrected chi connectivity index (χ4v) is 2.25. The van der Waals surface area contributed by atoms with Gasteiger partial charge in [0.2, 0.25) is 11.8 Å². The van der Waals surface area contributed by atoms with Gasteiger partial charge in [-0.3, -0.25) is 14.4 Å². The maximum absolute atomic E-state index is 11.7. The number of hydrogen-bond donors (Lipinski definition) is 2. The molecule has 0 saturated carbocycles. The third-order valence-electron chi connectivity index (χ3n) is 2.60. The molecule has 1 rings (SSSR count). The zero-order valence-electron chi connectivity index (χ0n) is 10.9. The van der Waals surface area contributed by atoms with Gasteiger partial charge in [0.15, 0.2) is 0 Å². The lowest BCUT2D eigenvalue weighted by Crippen LogP contribution is -2.44. The number of nitrogens with one attached hydrogen (secondary N) is 2. The number of imide groups is 3. The zero-order valence-corrected chi connectivity index (χ0v) is 11.7. The van der Waals surface area contributed by atoms with Gasteiger partial charge in [-0.05, 0) is 12.7 Å². The Morgan fingerprint density at radius 2 is 1.95 bits per heavy atom. The van der Waals surface area contributed by atoms with Crippen LogP contribution in [0, 0.1) is 0 Å². The smallest absolute Gasteiger partial charge is 0.331 e. The minimum atomic E-state index is -0.686. The summed E-state index contributed by atoms with van der Waals surface area (Å²) in [6.07, 6.45) is 2.33. The SMILES string of the molecule is CSC1CC(=O)N(C(=O)NCCCNC(C)=O)C1=O. The molecule has 7 nitrogen and oxygen atoms in total. The van der Waals surface area contributed by atoms with Gasteiger partial charge in [-0.15, -0.1) is 0 Å². The van der Waals surface area contributed by atoms with Crippen molar-refractivity contribution in [1.82, 2.24) is 15.5 Å². The van der Waals surface area contributed by atoms with Crippen LogP contribution in [0.25, 0.3) is 0 Å². The molecule has 1 aliphatic rings. The number of hydrogen-bond acceptors (Lipinski definition) is 5. The largest absolute Gasteiger partial charge is 0.356 e. The number of likely N-dealkylation sites (tertiary alicyclic amines) is 1. The van der Waals surface area contributed by atoms with Crippen molar-refractivity contribution in [1.29, 1.82) is 0 Å². The molecule has 0 aromatic rings. The van der Waals surface area contributed by atoms with Crippen LogP contribution in [0.15, 0.2) is 0 Å². The molecule has 1 saturated heterocycles. The highest BCUT2D eigenvalue weighted by Crippen LogP contribution is 2.22. The van der Waals surface area contributed by atoms with Gasteiger partial charge in [-0.2, -0.15) is 16.7 Å². The number of carbonyl (C=O) groups excluding carboxylic acids is 4. The van der Waals surface area contributed by atoms with Crippen molar-refractivity contribution in [3.05, 3.63) is 0 Å². The van der Waals surface area contributed by atoms with Gasteiger partial charge in [-0.1, -0.05) is 0 Å². The van der Waals surface area contributed by atoms with E-state index in [4.69, 9.17) is 0 Å². The lowest BCUT2D eigenvalue weighted by molar-refractivity contribution is -0.134. The quantitative estimate of drug-likeness (QED) is 0.535. The Bertz CT molecular complexity index is 399. The van der Waals surface area contributed by atoms with E-state index in [-0.39, 0.29) is 12.3 Å². The van der Waals surface area contributed by atoms with E-state index in [1.165, 1.54) is 18.7 Å². The van der Waals surface area contributed by atoms with E-state index in [0.717, 1.165) is 0 Å². The average molecular weight is 287 g/mol. The summed E-state index contributed by atoms with van der Waals surface area (Å²) in [6.45, 7) is 2.13. The Hall–Kier alpha value is -1.57. The molecule has 8 heteroatoms. The van der Waals surface area contributed by atoms with Crippen molar-refractivity contribution in [3.63, 3.8) is 0 Å². The fraction of sp³-hybridized carbons (Fsp3) is 0.636. The van der Waals surface area contributed by atoms with Crippen molar-refractivity contribution in [2.75, 3.05) is 19.3 Å². The van der Waals surface area contributed by atoms with Crippen molar-refractivity contribution in [2.24, 2.45) is 0 Å². The van der Waals surface area contributed by atoms with Crippen LogP contribution < -0.4 is 10.6 Å². The second kappa shape index (κ2) is 7.13. The summed E-state index contributed by atoms with van der Waals surface area (Å²) in [6, 6.07) is -0.686. The molecule has 1 fully saturated rings. The maximum atomic E-state index is 11.7. The molecule has 2 N–H and O–H groups in total. The van der Waals surface area contributed by atoms with Crippen LogP contribution in [0.1, 0.15) is 19.8 Å². The van der Waals surface area contributed by atoms with Crippen LogP contribution in [0.3, 0.4) is 0 Å². The minimum absolute atomic E-state index is 0.0688. The highest BCUT2D eigenvalue weighted by atomic mass is 32.2. The van der Waals surface area contributed by atoms with E-state index in [1.54, 1.807) is 6.26 Å². The van der Waals surface area contributed by atoms with Crippen LogP contribution in [0.4, 0.5) is 4.79 Å². The molecule has 0 aromatic heterocycles. The highest BCUT2D eigenvalue weighted by Gasteiger charge is 2.41. The number of thioether (sulfide) groups is 1. The number of carbonyl (C=O) groups is 4. The molecule has 0 bridgehead atoms. The summed E-state index contributed by atoms with van der Waals surface area (Å²) >= 11 is 1.26. The normalized spacial score (nSPS) is 18.6. The first kappa shape index (κ1) is 15.5. The molecule has 1 heterocycles. The zero-order chi connectivity index (χ0) is 14.4. The molecular formula is C11H17N3O4S. The van der Waals surface area contributed by atoms with Crippen molar-refractivity contribution in [3.8, 4) is 0 Å². The van der Waals surface area contributed by atoms with Crippen LogP contribution in [-0.4, -0.2) is 53.2 Å². The second-order valence-electron chi connectivity index (χ2n) is 4.06. The van der Waals surface area contributed by atoms with Gasteiger partial charge in [0.05, 0.1) is 5.25 Å². The van der Waals surface area contributed by atoms with Crippen LogP contribution in [0.2, 0.25) is 0 Å². The van der Waals surface area contributed by atoms with Gasteiger partial charge in [0.25, 0.3) is 5.91 Å². The first-order valence-electron chi connectivity index (χ1n) is 5.89. The number of rotatable bonds is 5. The van der Waals surface area contributed by atoms with E-state index in [1.807, 2.05) is 0 Å². The van der Waals surface area contributed by atoms with E-state index in [2.05, 4.69) is 10.6 Å². The molecule has 1 aliphatic heterocycles. The second-order valence-corrected chi connectivity index (χ2v) is 5.10. The standard InChI is InChI=1S/C11H17N3O4S/c1-7(15)12-4-3-5-13-11(18)14-9(16)6-8(19-2)10(14)17/h8H,3-6H2,1-2H3,(H,12,15)(H,13,18). The summed E-state index contributed by atoms with van der Waals surface area (Å²) < 4.78 is 0. The number of amides is 5. The van der Waals surface area contributed by atoms with Gasteiger partial charge >= 0.3 is 6.03 Å². The Labute approximate surface area is 115 Å². The fourth-order valence-electron chi connectivity index (χ4n) is 1.63. The average Bonchev–Trinajstić information content (AvgIpc) is 2.63. The van der Waals surface area contributed by atoms with E-state index in [0.29, 0.717) is 24.4 Å². The monoisotopic (exact) mass is 287 g/mol. The van der Waals surface area contributed by atoms with Crippen molar-refractivity contribution >= 4 is 35.5 Å². The lowest BCUT2D eigenvalue weighted by atomic mass is 10.4. The van der Waals surface area contributed by atoms with E-state index >= 15 is 0 Å². The van der Waals surface area contributed by atoms with Gasteiger partial charge < -0.3 is 10.6 Å². The molecule has 0 aromatic carbocycles. The number of nitrogens with zero attached hydrogens (tertiary/aromatic N) is 1. The van der Waals surface area contributed by atoms with Crippen LogP contribution in [-0.2, 0) is 14.4 Å². The first-order valence-corrected chi connectivity index (χ1v) is 7.18. The van der Waals surface area contributed by atoms with Gasteiger partial charge in [0.1, 0.15) is 0 Å². The summed E-state index contributed by atoms with van der Waals surface area (Å²) in [7, 11) is 0. The van der Waals surface area contributed by atoms with Crippen molar-refractivity contribution < 1.29 is 19.2 Å². The predicted octanol–water partition coefficient (Wildman–Crippen LogP) is -0.287. The first-order chi connectivity index (χ1) is 8.97. The minimum Gasteiger partial charge on any atom is -0.356 e. The third kappa shape index (κ3) is 4.23. The van der Waals surface area contributed by atoms with Gasteiger partial charge in [-0.25, -0.2) is 4.79 Å². The predicted molar refractivity (Wildman–Crippen MR) is 70.5 cm³/mol. The van der Waals surface area contributed by atoms with E-state index < -0.39 is 23.1 Å². The Kier molecular flexibility index (Phi) is 5.81. The summed E-state index contributed by atoms with van der Waals surface area (Å²) in [5, 5.41) is 4.61. The molecule has 106 valence electrons. The Morgan fingerprint density at radius 3 is 2.47 bits per heavy atom. The van der Waals surface area contributed by atoms with Crippen LogP contribution in [0.5, 0.6) is 0 Å². The molecule has 0 spiro atoms. The topological polar surface area (TPSA) is 95.6 Å². The maximum Gasteiger partial charge on any atom is 0.331 e. The van der Waals surface area contributed by atoms with E-state index in [9.17, 15) is 19.2 Å². The number of urea groups is 1. The molecule has 0 aliphatic carbocycles. The summed E-state index contributed by atoms with van der Waals surface area (Å²) in [4.78, 5) is 46.3. The molecule has 5 amide bonds.